The molecule has 19 heavy (non-hydrogen) atoms. The Kier molecular flexibility index (Phi) is 4.07. The summed E-state index contributed by atoms with van der Waals surface area (Å²) in [5, 5.41) is 9.79. The van der Waals surface area contributed by atoms with Crippen molar-refractivity contribution in [2.75, 3.05) is 12.4 Å². The molecule has 0 aliphatic rings. The van der Waals surface area contributed by atoms with Crippen molar-refractivity contribution >= 4 is 11.7 Å². The van der Waals surface area contributed by atoms with Gasteiger partial charge in [0.2, 0.25) is 0 Å². The topological polar surface area (TPSA) is 84.7 Å². The van der Waals surface area contributed by atoms with Gasteiger partial charge in [0.15, 0.2) is 0 Å². The number of nitrogens with one attached hydrogen (secondary N) is 2. The predicted octanol–water partition coefficient (Wildman–Crippen LogP) is 0.533. The van der Waals surface area contributed by atoms with Gasteiger partial charge < -0.3 is 10.6 Å². The lowest BCUT2D eigenvalue weighted by atomic mass is 10.3. The van der Waals surface area contributed by atoms with E-state index in [9.17, 15) is 4.79 Å². The van der Waals surface area contributed by atoms with Crippen LogP contribution in [0.15, 0.2) is 30.9 Å². The number of anilines is 1. The average Bonchev–Trinajstić information content (AvgIpc) is 2.91. The van der Waals surface area contributed by atoms with Crippen LogP contribution in [0.25, 0.3) is 0 Å². The van der Waals surface area contributed by atoms with Crippen LogP contribution in [-0.4, -0.2) is 38.7 Å². The summed E-state index contributed by atoms with van der Waals surface area (Å²) in [5.41, 5.74) is 0.291. The molecule has 0 saturated carbocycles. The van der Waals surface area contributed by atoms with E-state index >= 15 is 0 Å². The molecule has 2 aromatic heterocycles. The van der Waals surface area contributed by atoms with Crippen LogP contribution in [0.5, 0.6) is 0 Å². The van der Waals surface area contributed by atoms with E-state index in [0.717, 1.165) is 0 Å². The first-order chi connectivity index (χ1) is 9.19. The second kappa shape index (κ2) is 5.94. The Morgan fingerprint density at radius 2 is 2.32 bits per heavy atom. The fourth-order valence-electron chi connectivity index (χ4n) is 1.63. The molecule has 2 N–H and O–H groups in total. The molecular formula is C12H16N6O. The molecule has 0 aromatic carbocycles. The number of rotatable bonds is 5. The first kappa shape index (κ1) is 13.0. The molecule has 7 heteroatoms. The van der Waals surface area contributed by atoms with Gasteiger partial charge in [0.05, 0.1) is 18.9 Å². The molecule has 2 aromatic rings. The van der Waals surface area contributed by atoms with Crippen LogP contribution in [0.1, 0.15) is 17.4 Å². The van der Waals surface area contributed by atoms with Crippen molar-refractivity contribution in [2.45, 2.75) is 19.5 Å². The maximum atomic E-state index is 12.0. The van der Waals surface area contributed by atoms with Gasteiger partial charge in [-0.2, -0.15) is 5.10 Å². The van der Waals surface area contributed by atoms with Gasteiger partial charge in [0.1, 0.15) is 11.5 Å². The van der Waals surface area contributed by atoms with Crippen molar-refractivity contribution in [2.24, 2.45) is 0 Å². The number of carbonyl (C=O) groups excluding carboxylic acids is 1. The third-order valence-corrected chi connectivity index (χ3v) is 2.52. The lowest BCUT2D eigenvalue weighted by Gasteiger charge is -2.13. The number of amides is 1. The minimum atomic E-state index is -0.246. The smallest absolute Gasteiger partial charge is 0.271 e. The van der Waals surface area contributed by atoms with Crippen molar-refractivity contribution in [3.63, 3.8) is 0 Å². The molecule has 0 saturated heterocycles. The molecule has 0 aliphatic heterocycles. The standard InChI is InChI=1S/C12H16N6O/c1-9(8-18-5-3-4-15-18)16-12(19)10-6-14-7-11(13-2)17-10/h3-7,9H,8H2,1-2H3,(H,13,17)(H,16,19). The number of hydrogen-bond acceptors (Lipinski definition) is 5. The van der Waals surface area contributed by atoms with E-state index in [1.165, 1.54) is 6.20 Å². The summed E-state index contributed by atoms with van der Waals surface area (Å²) in [6, 6.07) is 1.79. The molecule has 0 bridgehead atoms. The number of carbonyl (C=O) groups is 1. The highest BCUT2D eigenvalue weighted by atomic mass is 16.1. The Morgan fingerprint density at radius 3 is 3.00 bits per heavy atom. The maximum Gasteiger partial charge on any atom is 0.271 e. The van der Waals surface area contributed by atoms with Gasteiger partial charge in [-0.25, -0.2) is 4.98 Å². The van der Waals surface area contributed by atoms with Crippen LogP contribution in [0.2, 0.25) is 0 Å². The number of aromatic nitrogens is 4. The highest BCUT2D eigenvalue weighted by Crippen LogP contribution is 2.01. The second-order valence-electron chi connectivity index (χ2n) is 4.14. The monoisotopic (exact) mass is 260 g/mol. The minimum Gasteiger partial charge on any atom is -0.372 e. The second-order valence-corrected chi connectivity index (χ2v) is 4.14. The normalized spacial score (nSPS) is 11.9. The van der Waals surface area contributed by atoms with Crippen molar-refractivity contribution < 1.29 is 4.79 Å². The van der Waals surface area contributed by atoms with Crippen LogP contribution >= 0.6 is 0 Å². The summed E-state index contributed by atoms with van der Waals surface area (Å²) in [4.78, 5) is 20.1. The van der Waals surface area contributed by atoms with Crippen LogP contribution < -0.4 is 10.6 Å². The molecule has 2 rings (SSSR count). The highest BCUT2D eigenvalue weighted by Gasteiger charge is 2.12. The van der Waals surface area contributed by atoms with Gasteiger partial charge in [-0.05, 0) is 13.0 Å². The predicted molar refractivity (Wildman–Crippen MR) is 70.7 cm³/mol. The van der Waals surface area contributed by atoms with E-state index < -0.39 is 0 Å². The Balaban J connectivity index is 1.96. The average molecular weight is 260 g/mol. The molecule has 7 nitrogen and oxygen atoms in total. The number of hydrogen-bond donors (Lipinski definition) is 2. The van der Waals surface area contributed by atoms with E-state index in [-0.39, 0.29) is 11.9 Å². The Bertz CT molecular complexity index is 539. The summed E-state index contributed by atoms with van der Waals surface area (Å²) in [7, 11) is 1.73. The quantitative estimate of drug-likeness (QED) is 0.819. The molecule has 0 fully saturated rings. The van der Waals surface area contributed by atoms with Gasteiger partial charge >= 0.3 is 0 Å². The summed E-state index contributed by atoms with van der Waals surface area (Å²) in [6.45, 7) is 2.52. The fraction of sp³-hybridized carbons (Fsp3) is 0.333. The maximum absolute atomic E-state index is 12.0. The summed E-state index contributed by atoms with van der Waals surface area (Å²) >= 11 is 0. The van der Waals surface area contributed by atoms with Crippen molar-refractivity contribution in [3.05, 3.63) is 36.5 Å². The molecule has 1 unspecified atom stereocenters. The molecule has 1 amide bonds. The lowest BCUT2D eigenvalue weighted by Crippen LogP contribution is -2.36. The van der Waals surface area contributed by atoms with Crippen LogP contribution in [0.3, 0.4) is 0 Å². The van der Waals surface area contributed by atoms with Crippen molar-refractivity contribution in [1.82, 2.24) is 25.1 Å². The van der Waals surface area contributed by atoms with E-state index in [2.05, 4.69) is 25.7 Å². The van der Waals surface area contributed by atoms with E-state index in [1.54, 1.807) is 24.1 Å². The molecule has 0 aliphatic carbocycles. The SMILES string of the molecule is CNc1cncc(C(=O)NC(C)Cn2cccn2)n1. The van der Waals surface area contributed by atoms with Crippen molar-refractivity contribution in [3.8, 4) is 0 Å². The van der Waals surface area contributed by atoms with E-state index in [4.69, 9.17) is 0 Å². The lowest BCUT2D eigenvalue weighted by molar-refractivity contribution is 0.0930. The van der Waals surface area contributed by atoms with Crippen LogP contribution in [-0.2, 0) is 6.54 Å². The summed E-state index contributed by atoms with van der Waals surface area (Å²) in [6.07, 6.45) is 6.56. The van der Waals surface area contributed by atoms with Gasteiger partial charge in [-0.15, -0.1) is 0 Å². The van der Waals surface area contributed by atoms with E-state index in [0.29, 0.717) is 18.1 Å². The number of nitrogens with zero attached hydrogens (tertiary/aromatic N) is 4. The minimum absolute atomic E-state index is 0.0487. The Labute approximate surface area is 111 Å². The highest BCUT2D eigenvalue weighted by molar-refractivity contribution is 5.92. The van der Waals surface area contributed by atoms with E-state index in [1.807, 2.05) is 19.2 Å². The van der Waals surface area contributed by atoms with Crippen molar-refractivity contribution in [1.29, 1.82) is 0 Å². The summed E-state index contributed by atoms with van der Waals surface area (Å²) in [5.74, 6) is 0.316. The third kappa shape index (κ3) is 3.51. The zero-order valence-corrected chi connectivity index (χ0v) is 10.9. The van der Waals surface area contributed by atoms with Crippen LogP contribution in [0.4, 0.5) is 5.82 Å². The van der Waals surface area contributed by atoms with Gasteiger partial charge in [-0.3, -0.25) is 14.5 Å². The molecular weight excluding hydrogens is 244 g/mol. The third-order valence-electron chi connectivity index (χ3n) is 2.52. The fourth-order valence-corrected chi connectivity index (χ4v) is 1.63. The first-order valence-electron chi connectivity index (χ1n) is 5.97. The zero-order chi connectivity index (χ0) is 13.7. The molecule has 1 atom stereocenters. The van der Waals surface area contributed by atoms with Gasteiger partial charge in [-0.1, -0.05) is 0 Å². The van der Waals surface area contributed by atoms with Crippen LogP contribution in [0, 0.1) is 0 Å². The molecule has 2 heterocycles. The molecule has 0 radical (unpaired) electrons. The Morgan fingerprint density at radius 1 is 1.47 bits per heavy atom. The zero-order valence-electron chi connectivity index (χ0n) is 10.9. The largest absolute Gasteiger partial charge is 0.372 e. The van der Waals surface area contributed by atoms with Gasteiger partial charge in [0, 0.05) is 25.5 Å². The molecule has 0 spiro atoms. The molecule has 100 valence electrons. The summed E-state index contributed by atoms with van der Waals surface area (Å²) < 4.78 is 1.76. The van der Waals surface area contributed by atoms with Gasteiger partial charge in [0.25, 0.3) is 5.91 Å². The Hall–Kier alpha value is -2.44. The first-order valence-corrected chi connectivity index (χ1v) is 5.97.